The van der Waals surface area contributed by atoms with E-state index in [4.69, 9.17) is 14.8 Å². The molecule has 6 nitrogen and oxygen atoms in total. The summed E-state index contributed by atoms with van der Waals surface area (Å²) in [6.07, 6.45) is 7.52. The van der Waals surface area contributed by atoms with Crippen LogP contribution < -0.4 is 4.74 Å². The van der Waals surface area contributed by atoms with Crippen LogP contribution in [0.1, 0.15) is 63.0 Å². The van der Waals surface area contributed by atoms with Gasteiger partial charge in [0.15, 0.2) is 0 Å². The van der Waals surface area contributed by atoms with Crippen molar-refractivity contribution in [3.05, 3.63) is 47.9 Å². The van der Waals surface area contributed by atoms with Gasteiger partial charge < -0.3 is 9.84 Å². The minimum Gasteiger partial charge on any atom is -0.481 e. The lowest BCUT2D eigenvalue weighted by Crippen LogP contribution is -2.41. The van der Waals surface area contributed by atoms with Crippen LogP contribution in [-0.4, -0.2) is 32.4 Å². The normalized spacial score (nSPS) is 23.3. The van der Waals surface area contributed by atoms with E-state index >= 15 is 0 Å². The van der Waals surface area contributed by atoms with E-state index in [9.17, 15) is 4.79 Å². The highest BCUT2D eigenvalue weighted by atomic mass is 16.5. The third kappa shape index (κ3) is 3.77. The van der Waals surface area contributed by atoms with Crippen LogP contribution in [0.4, 0.5) is 5.69 Å². The second-order valence-corrected chi connectivity index (χ2v) is 8.22. The predicted molar refractivity (Wildman–Crippen MR) is 106 cm³/mol. The second-order valence-electron chi connectivity index (χ2n) is 8.22. The van der Waals surface area contributed by atoms with Gasteiger partial charge in [0.25, 0.3) is 0 Å². The van der Waals surface area contributed by atoms with Crippen LogP contribution in [0.2, 0.25) is 0 Å². The summed E-state index contributed by atoms with van der Waals surface area (Å²) < 4.78 is 6.05. The zero-order valence-electron chi connectivity index (χ0n) is 16.3. The maximum Gasteiger partial charge on any atom is 0.303 e. The molecule has 0 spiro atoms. The average Bonchev–Trinajstić information content (AvgIpc) is 2.67. The van der Waals surface area contributed by atoms with Crippen molar-refractivity contribution >= 4 is 17.4 Å². The first-order valence-electron chi connectivity index (χ1n) is 9.82. The minimum atomic E-state index is -0.683. The monoisotopic (exact) mass is 379 g/mol. The fraction of sp³-hybridized carbons (Fsp3) is 0.455. The van der Waals surface area contributed by atoms with Gasteiger partial charge >= 0.3 is 5.97 Å². The van der Waals surface area contributed by atoms with Gasteiger partial charge in [0.05, 0.1) is 11.9 Å². The number of hydrogen-bond acceptors (Lipinski definition) is 5. The van der Waals surface area contributed by atoms with Crippen molar-refractivity contribution in [2.75, 3.05) is 0 Å². The van der Waals surface area contributed by atoms with Crippen LogP contribution in [0.3, 0.4) is 0 Å². The summed E-state index contributed by atoms with van der Waals surface area (Å²) >= 11 is 0. The lowest BCUT2D eigenvalue weighted by atomic mass is 9.77. The molecule has 146 valence electrons. The van der Waals surface area contributed by atoms with E-state index in [2.05, 4.69) is 34.2 Å². The van der Waals surface area contributed by atoms with Gasteiger partial charge in [-0.15, -0.1) is 0 Å². The molecule has 1 aromatic heterocycles. The van der Waals surface area contributed by atoms with E-state index < -0.39 is 11.6 Å². The number of carbonyl (C=O) groups is 1. The van der Waals surface area contributed by atoms with Gasteiger partial charge in [-0.1, -0.05) is 24.3 Å². The number of rotatable bonds is 4. The Balaban J connectivity index is 1.51. The van der Waals surface area contributed by atoms with E-state index in [1.54, 1.807) is 6.20 Å². The maximum absolute atomic E-state index is 10.9. The Morgan fingerprint density at radius 2 is 1.89 bits per heavy atom. The molecule has 1 fully saturated rings. The fourth-order valence-electron chi connectivity index (χ4n) is 4.28. The number of carboxylic acid groups (broad SMARTS) is 1. The van der Waals surface area contributed by atoms with Gasteiger partial charge in [0.2, 0.25) is 5.88 Å². The summed E-state index contributed by atoms with van der Waals surface area (Å²) in [6.45, 7) is 3.99. The summed E-state index contributed by atoms with van der Waals surface area (Å²) in [7, 11) is 0. The zero-order chi connectivity index (χ0) is 19.7. The largest absolute Gasteiger partial charge is 0.481 e. The Bertz CT molecular complexity index is 897. The molecule has 4 rings (SSSR count). The van der Waals surface area contributed by atoms with Crippen molar-refractivity contribution in [2.24, 2.45) is 10.9 Å². The lowest BCUT2D eigenvalue weighted by Gasteiger charge is -2.32. The number of ether oxygens (including phenoxy) is 1. The van der Waals surface area contributed by atoms with Gasteiger partial charge in [-0.3, -0.25) is 4.79 Å². The molecule has 2 aromatic rings. The summed E-state index contributed by atoms with van der Waals surface area (Å²) in [5, 5.41) is 8.98. The molecule has 1 saturated carbocycles. The highest BCUT2D eigenvalue weighted by molar-refractivity contribution is 6.08. The van der Waals surface area contributed by atoms with Crippen molar-refractivity contribution in [3.63, 3.8) is 0 Å². The van der Waals surface area contributed by atoms with E-state index in [1.165, 1.54) is 11.9 Å². The summed E-state index contributed by atoms with van der Waals surface area (Å²) in [5.41, 5.74) is 3.29. The molecule has 1 aliphatic carbocycles. The second kappa shape index (κ2) is 7.34. The Morgan fingerprint density at radius 3 is 2.57 bits per heavy atom. The van der Waals surface area contributed by atoms with E-state index in [0.29, 0.717) is 29.8 Å². The Kier molecular flexibility index (Phi) is 4.87. The van der Waals surface area contributed by atoms with E-state index in [0.717, 1.165) is 37.0 Å². The van der Waals surface area contributed by atoms with Crippen molar-refractivity contribution in [1.82, 2.24) is 9.97 Å². The number of aromatic nitrogens is 2. The highest BCUT2D eigenvalue weighted by Gasteiger charge is 2.34. The summed E-state index contributed by atoms with van der Waals surface area (Å²) in [5.74, 6) is 0.659. The summed E-state index contributed by atoms with van der Waals surface area (Å²) in [6, 6.07) is 8.56. The maximum atomic E-state index is 10.9. The average molecular weight is 379 g/mol. The van der Waals surface area contributed by atoms with Crippen molar-refractivity contribution in [1.29, 1.82) is 0 Å². The number of fused-ring (bicyclic) bond motifs is 1. The molecular weight excluding hydrogens is 354 g/mol. The molecule has 28 heavy (non-hydrogen) atoms. The Hall–Kier alpha value is -2.76. The van der Waals surface area contributed by atoms with Crippen LogP contribution in [0.15, 0.2) is 41.8 Å². The van der Waals surface area contributed by atoms with Gasteiger partial charge in [-0.2, -0.15) is 4.98 Å². The number of nitrogens with zero attached hydrogens (tertiary/aromatic N) is 3. The topological polar surface area (TPSA) is 84.7 Å². The quantitative estimate of drug-likeness (QED) is 0.844. The molecule has 0 bridgehead atoms. The van der Waals surface area contributed by atoms with Crippen LogP contribution >= 0.6 is 0 Å². The van der Waals surface area contributed by atoms with Crippen LogP contribution in [0.25, 0.3) is 0 Å². The molecule has 1 N–H and O–H groups in total. The van der Waals surface area contributed by atoms with Gasteiger partial charge in [-0.25, -0.2) is 9.98 Å². The van der Waals surface area contributed by atoms with E-state index in [1.807, 2.05) is 13.8 Å². The number of carboxylic acids is 1. The summed E-state index contributed by atoms with van der Waals surface area (Å²) in [4.78, 5) is 23.9. The number of hydrogen-bond donors (Lipinski definition) is 1. The molecule has 2 aliphatic rings. The fourth-order valence-corrected chi connectivity index (χ4v) is 4.28. The first-order chi connectivity index (χ1) is 13.4. The van der Waals surface area contributed by atoms with Crippen LogP contribution in [0, 0.1) is 5.92 Å². The lowest BCUT2D eigenvalue weighted by molar-refractivity contribution is -0.138. The van der Waals surface area contributed by atoms with Gasteiger partial charge in [-0.05, 0) is 56.9 Å². The third-order valence-corrected chi connectivity index (χ3v) is 5.78. The minimum absolute atomic E-state index is 0.297. The molecule has 0 radical (unpaired) electrons. The molecule has 0 saturated heterocycles. The van der Waals surface area contributed by atoms with Crippen molar-refractivity contribution < 1.29 is 14.6 Å². The van der Waals surface area contributed by atoms with Crippen molar-refractivity contribution in [3.8, 4) is 5.88 Å². The van der Waals surface area contributed by atoms with Gasteiger partial charge in [0.1, 0.15) is 17.6 Å². The Labute approximate surface area is 164 Å². The van der Waals surface area contributed by atoms with Gasteiger partial charge in [0, 0.05) is 12.0 Å². The molecule has 0 atom stereocenters. The molecule has 6 heteroatoms. The number of aliphatic imine (C=N–C) groups is 1. The van der Waals surface area contributed by atoms with E-state index in [-0.39, 0.29) is 0 Å². The Morgan fingerprint density at radius 1 is 1.18 bits per heavy atom. The number of benzene rings is 1. The smallest absolute Gasteiger partial charge is 0.303 e. The molecule has 1 aromatic carbocycles. The SMILES string of the molecule is CC1(C)Oc2ncncc2N=C1c1ccc(C2CCC(CC(=O)O)CC2)cc1. The zero-order valence-corrected chi connectivity index (χ0v) is 16.3. The highest BCUT2D eigenvalue weighted by Crippen LogP contribution is 2.38. The van der Waals surface area contributed by atoms with Crippen molar-refractivity contribution in [2.45, 2.75) is 57.5 Å². The van der Waals surface area contributed by atoms with Crippen LogP contribution in [-0.2, 0) is 4.79 Å². The molecule has 0 amide bonds. The molecular formula is C22H25N3O3. The molecule has 2 heterocycles. The standard InChI is InChI=1S/C22H25N3O3/c1-22(2)20(25-18-12-23-13-24-21(18)28-22)17-9-7-16(8-10-17)15-5-3-14(4-6-15)11-19(26)27/h7-10,12-15H,3-6,11H2,1-2H3,(H,26,27). The third-order valence-electron chi connectivity index (χ3n) is 5.78. The first kappa shape index (κ1) is 18.6. The molecule has 0 unspecified atom stereocenters. The predicted octanol–water partition coefficient (Wildman–Crippen LogP) is 4.52. The first-order valence-corrected chi connectivity index (χ1v) is 9.82. The van der Waals surface area contributed by atoms with Crippen LogP contribution in [0.5, 0.6) is 5.88 Å². The molecule has 1 aliphatic heterocycles. The number of aliphatic carboxylic acids is 1.